The van der Waals surface area contributed by atoms with Gasteiger partial charge in [0.05, 0.1) is 16.4 Å². The lowest BCUT2D eigenvalue weighted by Crippen LogP contribution is -2.54. The topological polar surface area (TPSA) is 74.7 Å². The summed E-state index contributed by atoms with van der Waals surface area (Å²) < 4.78 is 29.9. The highest BCUT2D eigenvalue weighted by molar-refractivity contribution is 9.10. The highest BCUT2D eigenvalue weighted by atomic mass is 79.9. The highest BCUT2D eigenvalue weighted by Crippen LogP contribution is 2.34. The number of carbonyl (C=O) groups excluding carboxylic acids is 1. The summed E-state index contributed by atoms with van der Waals surface area (Å²) in [5.41, 5.74) is 1.14. The molecule has 0 spiro atoms. The number of aryl methyl sites for hydroxylation is 1. The number of sulfonamides is 1. The van der Waals surface area contributed by atoms with Crippen molar-refractivity contribution in [3.05, 3.63) is 111 Å². The molecule has 0 saturated carbocycles. The summed E-state index contributed by atoms with van der Waals surface area (Å²) >= 11 is 6.81. The van der Waals surface area contributed by atoms with Crippen LogP contribution in [0, 0.1) is 12.8 Å². The number of carbonyl (C=O) groups is 1. The Hall–Kier alpha value is -2.36. The van der Waals surface area contributed by atoms with Crippen molar-refractivity contribution < 1.29 is 18.3 Å². The second-order valence-electron chi connectivity index (χ2n) is 9.14. The number of nitrogens with zero attached hydrogens (tertiary/aromatic N) is 1. The van der Waals surface area contributed by atoms with Gasteiger partial charge in [-0.25, -0.2) is 8.42 Å². The van der Waals surface area contributed by atoms with Crippen molar-refractivity contribution in [1.82, 2.24) is 4.31 Å². The normalized spacial score (nSPS) is 21.0. The summed E-state index contributed by atoms with van der Waals surface area (Å²) in [6.07, 6.45) is 6.60. The number of allylic oxidation sites excluding steroid dienone is 1. The van der Waals surface area contributed by atoms with Crippen molar-refractivity contribution in [3.63, 3.8) is 0 Å². The Bertz CT molecular complexity index is 1420. The van der Waals surface area contributed by atoms with Crippen molar-refractivity contribution in [1.29, 1.82) is 0 Å². The molecule has 1 aliphatic heterocycles. The average Bonchev–Trinajstić information content (AvgIpc) is 2.88. The van der Waals surface area contributed by atoms with Gasteiger partial charge in [0, 0.05) is 22.0 Å². The third-order valence-corrected chi connectivity index (χ3v) is 9.43. The Balaban J connectivity index is 1.64. The summed E-state index contributed by atoms with van der Waals surface area (Å²) in [6.45, 7) is 1.86. The lowest BCUT2D eigenvalue weighted by molar-refractivity contribution is -0.127. The van der Waals surface area contributed by atoms with E-state index < -0.39 is 21.5 Å². The van der Waals surface area contributed by atoms with Crippen molar-refractivity contribution in [3.8, 4) is 0 Å². The first-order chi connectivity index (χ1) is 17.6. The fourth-order valence-corrected chi connectivity index (χ4v) is 6.21. The van der Waals surface area contributed by atoms with E-state index in [1.807, 2.05) is 55.5 Å². The van der Waals surface area contributed by atoms with Gasteiger partial charge in [0.15, 0.2) is 5.78 Å². The maximum absolute atomic E-state index is 13.4. The van der Waals surface area contributed by atoms with Crippen LogP contribution < -0.4 is 0 Å². The molecule has 0 bridgehead atoms. The first-order valence-corrected chi connectivity index (χ1v) is 14.8. The zero-order chi connectivity index (χ0) is 26.6. The van der Waals surface area contributed by atoms with Gasteiger partial charge in [0.25, 0.3) is 0 Å². The van der Waals surface area contributed by atoms with Gasteiger partial charge in [-0.2, -0.15) is 4.31 Å². The van der Waals surface area contributed by atoms with Gasteiger partial charge >= 0.3 is 0 Å². The molecular weight excluding hydrogens is 618 g/mol. The van der Waals surface area contributed by atoms with E-state index in [0.717, 1.165) is 25.6 Å². The molecule has 3 aromatic rings. The first-order valence-electron chi connectivity index (χ1n) is 11.8. The van der Waals surface area contributed by atoms with Gasteiger partial charge < -0.3 is 5.11 Å². The second-order valence-corrected chi connectivity index (χ2v) is 12.9. The number of aliphatic hydroxyl groups is 1. The predicted molar refractivity (Wildman–Crippen MR) is 154 cm³/mol. The lowest BCUT2D eigenvalue weighted by Gasteiger charge is -2.41. The molecule has 3 aromatic carbocycles. The minimum Gasteiger partial charge on any atom is -0.385 e. The minimum atomic E-state index is -3.83. The van der Waals surface area contributed by atoms with Crippen molar-refractivity contribution >= 4 is 59.8 Å². The summed E-state index contributed by atoms with van der Waals surface area (Å²) in [5, 5.41) is 11.7. The van der Waals surface area contributed by atoms with Crippen LogP contribution in [0.5, 0.6) is 0 Å². The Morgan fingerprint density at radius 1 is 0.919 bits per heavy atom. The molecule has 5 nitrogen and oxygen atoms in total. The molecule has 0 aliphatic carbocycles. The standard InChI is InChI=1S/C29H27Br2NO4S/c1-21-2-13-26(14-3-21)37(35,36)32-19-18-29(34,17-16-23-6-11-25(31)12-7-23)27(20-32)28(33)15-8-22-4-9-24(30)10-5-22/h2-17,27,34H,18-20H2,1H3/b15-8+,17-16+/t27-,29-/m0/s1. The van der Waals surface area contributed by atoms with Crippen LogP contribution in [-0.2, 0) is 14.8 Å². The maximum Gasteiger partial charge on any atom is 0.243 e. The molecule has 1 N–H and O–H groups in total. The largest absolute Gasteiger partial charge is 0.385 e. The smallest absolute Gasteiger partial charge is 0.243 e. The molecular formula is C29H27Br2NO4S. The Morgan fingerprint density at radius 3 is 2.03 bits per heavy atom. The second kappa shape index (κ2) is 11.6. The molecule has 37 heavy (non-hydrogen) atoms. The quantitative estimate of drug-likeness (QED) is 0.308. The van der Waals surface area contributed by atoms with Gasteiger partial charge in [-0.15, -0.1) is 0 Å². The minimum absolute atomic E-state index is 0.0909. The van der Waals surface area contributed by atoms with E-state index in [9.17, 15) is 18.3 Å². The van der Waals surface area contributed by atoms with Crippen LogP contribution in [-0.4, -0.2) is 42.3 Å². The zero-order valence-corrected chi connectivity index (χ0v) is 24.2. The number of hydrogen-bond donors (Lipinski definition) is 1. The molecule has 1 saturated heterocycles. The number of piperidine rings is 1. The van der Waals surface area contributed by atoms with Gasteiger partial charge in [0.1, 0.15) is 0 Å². The molecule has 2 atom stereocenters. The SMILES string of the molecule is Cc1ccc(S(=O)(=O)N2CC[C@@](O)(/C=C/c3ccc(Br)cc3)[C@H](C(=O)/C=C/c3ccc(Br)cc3)C2)cc1. The van der Waals surface area contributed by atoms with Gasteiger partial charge in [-0.05, 0) is 66.9 Å². The van der Waals surface area contributed by atoms with Crippen molar-refractivity contribution in [2.45, 2.75) is 23.8 Å². The molecule has 0 amide bonds. The Labute approximate surface area is 234 Å². The van der Waals surface area contributed by atoms with E-state index in [1.165, 1.54) is 10.4 Å². The number of hydrogen-bond acceptors (Lipinski definition) is 4. The third kappa shape index (κ3) is 6.75. The van der Waals surface area contributed by atoms with E-state index in [-0.39, 0.29) is 30.2 Å². The third-order valence-electron chi connectivity index (χ3n) is 6.50. The Morgan fingerprint density at radius 2 is 1.46 bits per heavy atom. The van der Waals surface area contributed by atoms with Crippen LogP contribution >= 0.6 is 31.9 Å². The van der Waals surface area contributed by atoms with Crippen LogP contribution in [0.1, 0.15) is 23.1 Å². The number of rotatable bonds is 7. The van der Waals surface area contributed by atoms with Crippen LogP contribution in [0.2, 0.25) is 0 Å². The number of benzene rings is 3. The average molecular weight is 645 g/mol. The van der Waals surface area contributed by atoms with Crippen LogP contribution in [0.4, 0.5) is 0 Å². The molecule has 192 valence electrons. The van der Waals surface area contributed by atoms with E-state index >= 15 is 0 Å². The van der Waals surface area contributed by atoms with E-state index in [4.69, 9.17) is 0 Å². The fraction of sp³-hybridized carbons (Fsp3) is 0.207. The van der Waals surface area contributed by atoms with Gasteiger partial charge in [0.2, 0.25) is 10.0 Å². The van der Waals surface area contributed by atoms with E-state index in [1.54, 1.807) is 42.5 Å². The van der Waals surface area contributed by atoms with Crippen molar-refractivity contribution in [2.75, 3.05) is 13.1 Å². The monoisotopic (exact) mass is 643 g/mol. The first kappa shape index (κ1) is 27.7. The Kier molecular flexibility index (Phi) is 8.66. The summed E-state index contributed by atoms with van der Waals surface area (Å²) in [5.74, 6) is -1.31. The fourth-order valence-electron chi connectivity index (χ4n) is 4.23. The van der Waals surface area contributed by atoms with E-state index in [2.05, 4.69) is 31.9 Å². The molecule has 4 rings (SSSR count). The molecule has 8 heteroatoms. The summed E-state index contributed by atoms with van der Waals surface area (Å²) in [7, 11) is -3.83. The van der Waals surface area contributed by atoms with Crippen LogP contribution in [0.15, 0.2) is 98.8 Å². The van der Waals surface area contributed by atoms with E-state index in [0.29, 0.717) is 0 Å². The molecule has 1 fully saturated rings. The molecule has 1 heterocycles. The van der Waals surface area contributed by atoms with Crippen LogP contribution in [0.3, 0.4) is 0 Å². The number of halogens is 2. The molecule has 1 aliphatic rings. The zero-order valence-electron chi connectivity index (χ0n) is 20.2. The lowest BCUT2D eigenvalue weighted by atomic mass is 9.78. The molecule has 0 aromatic heterocycles. The predicted octanol–water partition coefficient (Wildman–Crippen LogP) is 6.26. The van der Waals surface area contributed by atoms with Crippen molar-refractivity contribution in [2.24, 2.45) is 5.92 Å². The maximum atomic E-state index is 13.4. The van der Waals surface area contributed by atoms with Crippen LogP contribution in [0.25, 0.3) is 12.2 Å². The number of ketones is 1. The van der Waals surface area contributed by atoms with Gasteiger partial charge in [-0.3, -0.25) is 4.79 Å². The molecule has 0 unspecified atom stereocenters. The summed E-state index contributed by atoms with van der Waals surface area (Å²) in [6, 6.07) is 21.7. The summed E-state index contributed by atoms with van der Waals surface area (Å²) in [4.78, 5) is 13.6. The highest BCUT2D eigenvalue weighted by Gasteiger charge is 2.46. The molecule has 0 radical (unpaired) electrons. The van der Waals surface area contributed by atoms with Gasteiger partial charge in [-0.1, -0.05) is 92.0 Å².